The molecule has 0 spiro atoms. The first-order valence-corrected chi connectivity index (χ1v) is 11.6. The normalized spacial score (nSPS) is 14.7. The quantitative estimate of drug-likeness (QED) is 0.367. The Kier molecular flexibility index (Phi) is 6.25. The van der Waals surface area contributed by atoms with E-state index in [-0.39, 0.29) is 6.61 Å². The molecule has 0 saturated heterocycles. The van der Waals surface area contributed by atoms with Crippen LogP contribution < -0.4 is 19.5 Å². The van der Waals surface area contributed by atoms with Crippen LogP contribution in [0.1, 0.15) is 24.1 Å². The Balaban J connectivity index is 1.81. The molecule has 3 aromatic carbocycles. The van der Waals surface area contributed by atoms with Crippen molar-refractivity contribution in [2.75, 3.05) is 33.3 Å². The van der Waals surface area contributed by atoms with E-state index in [2.05, 4.69) is 5.32 Å². The van der Waals surface area contributed by atoms with E-state index >= 15 is 0 Å². The number of esters is 1. The lowest BCUT2D eigenvalue weighted by Gasteiger charge is -2.31. The van der Waals surface area contributed by atoms with E-state index in [9.17, 15) is 4.79 Å². The van der Waals surface area contributed by atoms with Gasteiger partial charge in [0.25, 0.3) is 0 Å². The van der Waals surface area contributed by atoms with E-state index in [4.69, 9.17) is 23.9 Å². The Morgan fingerprint density at radius 1 is 0.944 bits per heavy atom. The second-order valence-corrected chi connectivity index (χ2v) is 8.17. The zero-order valence-electron chi connectivity index (χ0n) is 20.6. The summed E-state index contributed by atoms with van der Waals surface area (Å²) in [5, 5.41) is 3.41. The first-order valence-electron chi connectivity index (χ1n) is 11.6. The summed E-state index contributed by atoms with van der Waals surface area (Å²) in [6.45, 7) is 2.04. The van der Waals surface area contributed by atoms with E-state index in [1.54, 1.807) is 28.3 Å². The van der Waals surface area contributed by atoms with Crippen LogP contribution in [-0.4, -0.2) is 43.5 Å². The Morgan fingerprint density at radius 3 is 2.39 bits per heavy atom. The highest BCUT2D eigenvalue weighted by Gasteiger charge is 2.37. The lowest BCUT2D eigenvalue weighted by molar-refractivity contribution is -0.138. The van der Waals surface area contributed by atoms with Crippen LogP contribution in [0.2, 0.25) is 0 Å². The molecule has 0 radical (unpaired) electrons. The molecule has 8 heteroatoms. The van der Waals surface area contributed by atoms with Crippen LogP contribution in [0.15, 0.2) is 72.3 Å². The maximum absolute atomic E-state index is 13.6. The van der Waals surface area contributed by atoms with Crippen molar-refractivity contribution in [3.8, 4) is 17.2 Å². The molecule has 1 aromatic heterocycles. The van der Waals surface area contributed by atoms with Gasteiger partial charge < -0.3 is 24.3 Å². The van der Waals surface area contributed by atoms with E-state index in [0.717, 1.165) is 27.9 Å². The van der Waals surface area contributed by atoms with Crippen molar-refractivity contribution >= 4 is 28.6 Å². The highest BCUT2D eigenvalue weighted by Crippen LogP contribution is 2.44. The number of rotatable bonds is 7. The largest absolute Gasteiger partial charge is 0.497 e. The van der Waals surface area contributed by atoms with Gasteiger partial charge in [-0.25, -0.2) is 9.78 Å². The van der Waals surface area contributed by atoms with Crippen molar-refractivity contribution in [3.63, 3.8) is 0 Å². The van der Waals surface area contributed by atoms with E-state index in [1.807, 2.05) is 71.3 Å². The van der Waals surface area contributed by atoms with Gasteiger partial charge in [-0.3, -0.25) is 4.57 Å². The van der Waals surface area contributed by atoms with Gasteiger partial charge in [-0.05, 0) is 66.6 Å². The third-order valence-corrected chi connectivity index (χ3v) is 6.23. The SMILES string of the molecule is CCOC(=O)C1=C(c2ccc(OC)cc2)Nc2nc3ccccc3n2C1c1ccc(OC)c(OC)c1. The molecule has 1 aliphatic rings. The second kappa shape index (κ2) is 9.65. The van der Waals surface area contributed by atoms with E-state index in [0.29, 0.717) is 28.7 Å². The molecule has 0 bridgehead atoms. The minimum atomic E-state index is -0.537. The standard InChI is InChI=1S/C28H27N3O5/c1-5-36-27(32)24-25(17-10-13-19(33-2)14-11-17)30-28-29-20-8-6-7-9-21(20)31(28)26(24)18-12-15-22(34-3)23(16-18)35-4/h6-16,26H,5H2,1-4H3,(H,29,30). The van der Waals surface area contributed by atoms with Gasteiger partial charge in [-0.15, -0.1) is 0 Å². The third kappa shape index (κ3) is 3.90. The number of ether oxygens (including phenoxy) is 4. The average Bonchev–Trinajstić information content (AvgIpc) is 3.30. The van der Waals surface area contributed by atoms with Crippen LogP contribution >= 0.6 is 0 Å². The predicted molar refractivity (Wildman–Crippen MR) is 138 cm³/mol. The fourth-order valence-electron chi connectivity index (χ4n) is 4.59. The number of methoxy groups -OCH3 is 3. The average molecular weight is 486 g/mol. The summed E-state index contributed by atoms with van der Waals surface area (Å²) in [7, 11) is 4.80. The number of benzene rings is 3. The van der Waals surface area contributed by atoms with Gasteiger partial charge in [-0.2, -0.15) is 0 Å². The number of aromatic nitrogens is 2. The topological polar surface area (TPSA) is 83.8 Å². The van der Waals surface area contributed by atoms with Crippen LogP contribution in [-0.2, 0) is 9.53 Å². The van der Waals surface area contributed by atoms with Crippen molar-refractivity contribution in [2.24, 2.45) is 0 Å². The smallest absolute Gasteiger partial charge is 0.338 e. The maximum atomic E-state index is 13.6. The van der Waals surface area contributed by atoms with Crippen LogP contribution in [0, 0.1) is 0 Å². The minimum Gasteiger partial charge on any atom is -0.497 e. The number of hydrogen-bond donors (Lipinski definition) is 1. The first-order chi connectivity index (χ1) is 17.6. The molecule has 1 aliphatic heterocycles. The summed E-state index contributed by atoms with van der Waals surface area (Å²) >= 11 is 0. The van der Waals surface area contributed by atoms with Crippen molar-refractivity contribution in [3.05, 3.63) is 83.4 Å². The first kappa shape index (κ1) is 23.3. The van der Waals surface area contributed by atoms with Crippen LogP contribution in [0.3, 0.4) is 0 Å². The molecule has 1 N–H and O–H groups in total. The number of para-hydroxylation sites is 2. The molecule has 2 heterocycles. The molecule has 1 unspecified atom stereocenters. The number of nitrogens with one attached hydrogen (secondary N) is 1. The Bertz CT molecular complexity index is 1460. The minimum absolute atomic E-state index is 0.244. The summed E-state index contributed by atoms with van der Waals surface area (Å²) in [6, 6.07) is 20.5. The summed E-state index contributed by atoms with van der Waals surface area (Å²) in [6.07, 6.45) is 0. The molecule has 1 atom stereocenters. The van der Waals surface area contributed by atoms with Gasteiger partial charge in [0.15, 0.2) is 11.5 Å². The molecule has 8 nitrogen and oxygen atoms in total. The maximum Gasteiger partial charge on any atom is 0.338 e. The van der Waals surface area contributed by atoms with E-state index in [1.165, 1.54) is 0 Å². The monoisotopic (exact) mass is 485 g/mol. The number of nitrogens with zero attached hydrogens (tertiary/aromatic N) is 2. The second-order valence-electron chi connectivity index (χ2n) is 8.17. The Hall–Kier alpha value is -4.46. The highest BCUT2D eigenvalue weighted by atomic mass is 16.5. The predicted octanol–water partition coefficient (Wildman–Crippen LogP) is 5.05. The van der Waals surface area contributed by atoms with Crippen LogP contribution in [0.5, 0.6) is 17.2 Å². The Morgan fingerprint density at radius 2 is 1.69 bits per heavy atom. The van der Waals surface area contributed by atoms with Gasteiger partial charge in [0.2, 0.25) is 5.95 Å². The van der Waals surface area contributed by atoms with Crippen molar-refractivity contribution in [1.29, 1.82) is 0 Å². The fourth-order valence-corrected chi connectivity index (χ4v) is 4.59. The van der Waals surface area contributed by atoms with E-state index < -0.39 is 12.0 Å². The number of anilines is 1. The lowest BCUT2D eigenvalue weighted by Crippen LogP contribution is -2.29. The number of imidazole rings is 1. The van der Waals surface area contributed by atoms with Gasteiger partial charge >= 0.3 is 5.97 Å². The van der Waals surface area contributed by atoms with Gasteiger partial charge in [0, 0.05) is 0 Å². The molecule has 5 rings (SSSR count). The Labute approximate surface area is 209 Å². The zero-order chi connectivity index (χ0) is 25.2. The summed E-state index contributed by atoms with van der Waals surface area (Å²) < 4.78 is 24.0. The summed E-state index contributed by atoms with van der Waals surface area (Å²) in [5.74, 6) is 2.09. The fraction of sp³-hybridized carbons (Fsp3) is 0.214. The molecule has 4 aromatic rings. The number of carbonyl (C=O) groups is 1. The lowest BCUT2D eigenvalue weighted by atomic mass is 9.92. The third-order valence-electron chi connectivity index (χ3n) is 6.23. The van der Waals surface area contributed by atoms with Crippen molar-refractivity contribution < 1.29 is 23.7 Å². The number of fused-ring (bicyclic) bond motifs is 3. The molecule has 0 fully saturated rings. The van der Waals surface area contributed by atoms with Crippen molar-refractivity contribution in [1.82, 2.24) is 9.55 Å². The molecule has 0 aliphatic carbocycles. The molecule has 0 amide bonds. The van der Waals surface area contributed by atoms with Gasteiger partial charge in [0.1, 0.15) is 5.75 Å². The summed E-state index contributed by atoms with van der Waals surface area (Å²) in [5.41, 5.74) is 4.42. The van der Waals surface area contributed by atoms with Crippen molar-refractivity contribution in [2.45, 2.75) is 13.0 Å². The molecule has 184 valence electrons. The van der Waals surface area contributed by atoms with Gasteiger partial charge in [0.05, 0.1) is 56.3 Å². The molecular weight excluding hydrogens is 458 g/mol. The number of carbonyl (C=O) groups excluding carboxylic acids is 1. The molecule has 0 saturated carbocycles. The summed E-state index contributed by atoms with van der Waals surface area (Å²) in [4.78, 5) is 18.4. The molecular formula is C28H27N3O5. The van der Waals surface area contributed by atoms with Crippen LogP contribution in [0.25, 0.3) is 16.7 Å². The molecule has 36 heavy (non-hydrogen) atoms. The van der Waals surface area contributed by atoms with Gasteiger partial charge in [-0.1, -0.05) is 18.2 Å². The highest BCUT2D eigenvalue weighted by molar-refractivity contribution is 6.03. The number of hydrogen-bond acceptors (Lipinski definition) is 7. The zero-order valence-corrected chi connectivity index (χ0v) is 20.6. The van der Waals surface area contributed by atoms with Crippen LogP contribution in [0.4, 0.5) is 5.95 Å².